The summed E-state index contributed by atoms with van der Waals surface area (Å²) in [6, 6.07) is 28.4. The minimum Gasteiger partial charge on any atom is -0.405 e. The number of anilines is 3. The zero-order valence-corrected chi connectivity index (χ0v) is 19.6. The molecule has 0 saturated heterocycles. The van der Waals surface area contributed by atoms with Crippen LogP contribution in [0.3, 0.4) is 0 Å². The number of azo groups is 1. The summed E-state index contributed by atoms with van der Waals surface area (Å²) in [5.74, 6) is 0. The predicted molar refractivity (Wildman–Crippen MR) is 145 cm³/mol. The first kappa shape index (κ1) is 22.9. The summed E-state index contributed by atoms with van der Waals surface area (Å²) in [6.07, 6.45) is 3.39. The van der Waals surface area contributed by atoms with E-state index in [4.69, 9.17) is 5.73 Å². The number of benzene rings is 4. The molecule has 0 aliphatic rings. The Bertz CT molecular complexity index is 1270. The van der Waals surface area contributed by atoms with Crippen LogP contribution >= 0.6 is 0 Å². The van der Waals surface area contributed by atoms with Gasteiger partial charge in [0.25, 0.3) is 0 Å². The van der Waals surface area contributed by atoms with Crippen LogP contribution in [0.1, 0.15) is 19.4 Å². The molecule has 172 valence electrons. The van der Waals surface area contributed by atoms with Gasteiger partial charge in [-0.1, -0.05) is 36.4 Å². The van der Waals surface area contributed by atoms with Gasteiger partial charge in [0.15, 0.2) is 0 Å². The molecule has 6 heteroatoms. The van der Waals surface area contributed by atoms with Gasteiger partial charge in [0, 0.05) is 29.5 Å². The lowest BCUT2D eigenvalue weighted by molar-refractivity contribution is 0.866. The van der Waals surface area contributed by atoms with E-state index in [1.165, 1.54) is 11.9 Å². The maximum atomic E-state index is 5.46. The van der Waals surface area contributed by atoms with Crippen molar-refractivity contribution < 1.29 is 0 Å². The van der Waals surface area contributed by atoms with Crippen LogP contribution < -0.4 is 21.5 Å². The minimum absolute atomic E-state index is 0.826. The third-order valence-electron chi connectivity index (χ3n) is 5.69. The van der Waals surface area contributed by atoms with Crippen LogP contribution in [0.5, 0.6) is 0 Å². The lowest BCUT2D eigenvalue weighted by atomic mass is 10.1. The summed E-state index contributed by atoms with van der Waals surface area (Å²) in [7, 11) is 0. The molecule has 0 aliphatic heterocycles. The van der Waals surface area contributed by atoms with Crippen molar-refractivity contribution in [2.75, 3.05) is 28.8 Å². The van der Waals surface area contributed by atoms with Gasteiger partial charge in [-0.15, -0.1) is 5.11 Å². The van der Waals surface area contributed by atoms with Crippen molar-refractivity contribution in [1.29, 1.82) is 0 Å². The van der Waals surface area contributed by atoms with Gasteiger partial charge >= 0.3 is 0 Å². The quantitative estimate of drug-likeness (QED) is 0.183. The highest BCUT2D eigenvalue weighted by molar-refractivity contribution is 6.01. The van der Waals surface area contributed by atoms with Crippen LogP contribution in [0.15, 0.2) is 101 Å². The molecule has 0 atom stereocenters. The first-order chi connectivity index (χ1) is 16.7. The number of nitrogens with zero attached hydrogens (tertiary/aromatic N) is 3. The first-order valence-corrected chi connectivity index (χ1v) is 11.5. The van der Waals surface area contributed by atoms with Crippen molar-refractivity contribution in [3.63, 3.8) is 0 Å². The molecule has 0 amide bonds. The number of nitrogens with one attached hydrogen (secondary N) is 2. The molecule has 4 N–H and O–H groups in total. The van der Waals surface area contributed by atoms with E-state index in [-0.39, 0.29) is 0 Å². The Labute approximate surface area is 200 Å². The third kappa shape index (κ3) is 5.35. The number of hydrogen-bond donors (Lipinski definition) is 3. The van der Waals surface area contributed by atoms with Gasteiger partial charge < -0.3 is 21.5 Å². The largest absolute Gasteiger partial charge is 0.405 e. The van der Waals surface area contributed by atoms with Gasteiger partial charge in [0.1, 0.15) is 0 Å². The standard InChI is InChI=1S/C28H30N6/c1-3-34(4-2)24-15-13-23(14-16-24)31-33-28-18-17-27(25-7-5-6-8-26(25)28)32-30-22-11-9-21(10-12-22)19-20-29/h5-20,30,32H,3-4,29H2,1-2H3. The SMILES string of the molecule is CCN(CC)c1ccc(N=Nc2ccc(NNc3ccc(C=CN)cc3)c3ccccc23)cc1. The summed E-state index contributed by atoms with van der Waals surface area (Å²) in [6.45, 7) is 6.28. The Balaban J connectivity index is 1.52. The second-order valence-corrected chi connectivity index (χ2v) is 7.80. The normalized spacial score (nSPS) is 11.4. The fourth-order valence-electron chi connectivity index (χ4n) is 3.84. The molecule has 0 spiro atoms. The van der Waals surface area contributed by atoms with Crippen molar-refractivity contribution in [2.45, 2.75) is 13.8 Å². The summed E-state index contributed by atoms with van der Waals surface area (Å²) >= 11 is 0. The Morgan fingerprint density at radius 2 is 1.47 bits per heavy atom. The van der Waals surface area contributed by atoms with Gasteiger partial charge in [-0.2, -0.15) is 5.11 Å². The van der Waals surface area contributed by atoms with Crippen LogP contribution in [-0.4, -0.2) is 13.1 Å². The highest BCUT2D eigenvalue weighted by Crippen LogP contribution is 2.33. The second kappa shape index (κ2) is 11.0. The highest BCUT2D eigenvalue weighted by Gasteiger charge is 2.06. The molecule has 0 saturated carbocycles. The molecular formula is C28H30N6. The van der Waals surface area contributed by atoms with E-state index in [0.717, 1.165) is 52.2 Å². The van der Waals surface area contributed by atoms with Crippen molar-refractivity contribution in [2.24, 2.45) is 16.0 Å². The maximum absolute atomic E-state index is 5.46. The molecule has 0 radical (unpaired) electrons. The summed E-state index contributed by atoms with van der Waals surface area (Å²) in [4.78, 5) is 2.31. The average Bonchev–Trinajstić information content (AvgIpc) is 2.89. The van der Waals surface area contributed by atoms with E-state index >= 15 is 0 Å². The van der Waals surface area contributed by atoms with Gasteiger partial charge in [0.2, 0.25) is 0 Å². The molecule has 0 aromatic heterocycles. The number of hydrazine groups is 1. The molecule has 0 unspecified atom stereocenters. The average molecular weight is 451 g/mol. The molecule has 6 nitrogen and oxygen atoms in total. The van der Waals surface area contributed by atoms with Gasteiger partial charge in [-0.25, -0.2) is 0 Å². The molecule has 4 rings (SSSR count). The summed E-state index contributed by atoms with van der Waals surface area (Å²) < 4.78 is 0. The molecule has 0 aliphatic carbocycles. The molecule has 0 fully saturated rings. The highest BCUT2D eigenvalue weighted by atomic mass is 15.4. The second-order valence-electron chi connectivity index (χ2n) is 7.80. The third-order valence-corrected chi connectivity index (χ3v) is 5.69. The molecule has 0 heterocycles. The van der Waals surface area contributed by atoms with E-state index in [1.807, 2.05) is 66.7 Å². The van der Waals surface area contributed by atoms with Gasteiger partial charge in [0.05, 0.1) is 22.7 Å². The Morgan fingerprint density at radius 3 is 2.15 bits per heavy atom. The van der Waals surface area contributed by atoms with Gasteiger partial charge in [-0.05, 0) is 80.2 Å². The van der Waals surface area contributed by atoms with Crippen LogP contribution in [0.25, 0.3) is 16.8 Å². The Kier molecular flexibility index (Phi) is 7.40. The fraction of sp³-hybridized carbons (Fsp3) is 0.143. The summed E-state index contributed by atoms with van der Waals surface area (Å²) in [5.41, 5.74) is 17.9. The van der Waals surface area contributed by atoms with Crippen molar-refractivity contribution in [3.05, 3.63) is 96.7 Å². The van der Waals surface area contributed by atoms with E-state index in [9.17, 15) is 0 Å². The summed E-state index contributed by atoms with van der Waals surface area (Å²) in [5, 5.41) is 11.1. The number of hydrogen-bond acceptors (Lipinski definition) is 6. The first-order valence-electron chi connectivity index (χ1n) is 11.5. The molecular weight excluding hydrogens is 420 g/mol. The van der Waals surface area contributed by atoms with Crippen LogP contribution in [0, 0.1) is 0 Å². The zero-order chi connectivity index (χ0) is 23.8. The van der Waals surface area contributed by atoms with E-state index < -0.39 is 0 Å². The molecule has 34 heavy (non-hydrogen) atoms. The van der Waals surface area contributed by atoms with Crippen LogP contribution in [-0.2, 0) is 0 Å². The monoisotopic (exact) mass is 450 g/mol. The fourth-order valence-corrected chi connectivity index (χ4v) is 3.84. The van der Waals surface area contributed by atoms with E-state index in [0.29, 0.717) is 0 Å². The van der Waals surface area contributed by atoms with E-state index in [2.05, 4.69) is 64.1 Å². The molecule has 4 aromatic carbocycles. The lowest BCUT2D eigenvalue weighted by Crippen LogP contribution is -2.21. The lowest BCUT2D eigenvalue weighted by Gasteiger charge is -2.20. The van der Waals surface area contributed by atoms with Gasteiger partial charge in [-0.3, -0.25) is 0 Å². The van der Waals surface area contributed by atoms with Crippen molar-refractivity contribution in [3.8, 4) is 0 Å². The van der Waals surface area contributed by atoms with Crippen LogP contribution in [0.4, 0.5) is 28.4 Å². The Hall–Kier alpha value is -4.32. The maximum Gasteiger partial charge on any atom is 0.0936 e. The van der Waals surface area contributed by atoms with Crippen LogP contribution in [0.2, 0.25) is 0 Å². The van der Waals surface area contributed by atoms with E-state index in [1.54, 1.807) is 0 Å². The minimum atomic E-state index is 0.826. The zero-order valence-electron chi connectivity index (χ0n) is 19.6. The van der Waals surface area contributed by atoms with Crippen molar-refractivity contribution >= 4 is 45.3 Å². The Morgan fingerprint density at radius 1 is 0.765 bits per heavy atom. The number of rotatable bonds is 9. The number of nitrogens with two attached hydrogens (primary N) is 1. The predicted octanol–water partition coefficient (Wildman–Crippen LogP) is 7.47. The molecule has 4 aromatic rings. The topological polar surface area (TPSA) is 78.0 Å². The molecule has 0 bridgehead atoms. The number of fused-ring (bicyclic) bond motifs is 1. The van der Waals surface area contributed by atoms with Crippen molar-refractivity contribution in [1.82, 2.24) is 0 Å². The smallest absolute Gasteiger partial charge is 0.0936 e.